The molecule has 36 heavy (non-hydrogen) atoms. The molecule has 9 heteroatoms. The molecule has 0 aliphatic carbocycles. The number of halogens is 1. The fraction of sp³-hybridized carbons (Fsp3) is 0.259. The Hall–Kier alpha value is -3.85. The summed E-state index contributed by atoms with van der Waals surface area (Å²) in [6, 6.07) is 15.0. The van der Waals surface area contributed by atoms with Gasteiger partial charge in [0.1, 0.15) is 35.4 Å². The lowest BCUT2D eigenvalue weighted by Gasteiger charge is -2.15. The molecule has 0 spiro atoms. The summed E-state index contributed by atoms with van der Waals surface area (Å²) in [5.74, 6) is 2.41. The van der Waals surface area contributed by atoms with E-state index in [1.807, 2.05) is 32.0 Å². The molecule has 1 aliphatic rings. The summed E-state index contributed by atoms with van der Waals surface area (Å²) in [6.07, 6.45) is 2.21. The summed E-state index contributed by atoms with van der Waals surface area (Å²) in [5.41, 5.74) is 1.34. The highest BCUT2D eigenvalue weighted by atomic mass is 32.1. The molecular formula is C27H27FN2O5S. The Morgan fingerprint density at radius 2 is 1.75 bits per heavy atom. The van der Waals surface area contributed by atoms with Crippen molar-refractivity contribution in [1.29, 1.82) is 0 Å². The SMILES string of the molecule is CCOc1ccc(CCN2C(=O)/C(=C\c3ccc(COc4ccc(F)cc4)o3)NC2=S)cc1OCC. The van der Waals surface area contributed by atoms with Crippen molar-refractivity contribution < 1.29 is 27.8 Å². The fourth-order valence-electron chi connectivity index (χ4n) is 3.64. The first-order chi connectivity index (χ1) is 17.5. The molecule has 0 unspecified atom stereocenters. The Balaban J connectivity index is 1.36. The van der Waals surface area contributed by atoms with Crippen molar-refractivity contribution in [3.8, 4) is 17.2 Å². The van der Waals surface area contributed by atoms with Gasteiger partial charge in [-0.2, -0.15) is 0 Å². The average Bonchev–Trinajstić information content (AvgIpc) is 3.42. The fourth-order valence-corrected chi connectivity index (χ4v) is 3.93. The number of hydrogen-bond acceptors (Lipinski definition) is 6. The minimum atomic E-state index is -0.329. The highest BCUT2D eigenvalue weighted by Crippen LogP contribution is 2.29. The number of benzene rings is 2. The van der Waals surface area contributed by atoms with Crippen LogP contribution in [0.3, 0.4) is 0 Å². The van der Waals surface area contributed by atoms with Crippen molar-refractivity contribution in [1.82, 2.24) is 10.2 Å². The second-order valence-electron chi connectivity index (χ2n) is 7.89. The maximum absolute atomic E-state index is 13.0. The maximum Gasteiger partial charge on any atom is 0.276 e. The van der Waals surface area contributed by atoms with Crippen LogP contribution in [0.25, 0.3) is 6.08 Å². The topological polar surface area (TPSA) is 73.2 Å². The van der Waals surface area contributed by atoms with Gasteiger partial charge in [0, 0.05) is 12.6 Å². The molecule has 4 rings (SSSR count). The summed E-state index contributed by atoms with van der Waals surface area (Å²) in [6.45, 7) is 5.51. The molecule has 1 aromatic heterocycles. The van der Waals surface area contributed by atoms with Gasteiger partial charge in [-0.15, -0.1) is 0 Å². The number of nitrogens with zero attached hydrogens (tertiary/aromatic N) is 1. The molecule has 3 aromatic rings. The maximum atomic E-state index is 13.0. The number of ether oxygens (including phenoxy) is 3. The first kappa shape index (κ1) is 25.2. The molecule has 2 heterocycles. The minimum Gasteiger partial charge on any atom is -0.490 e. The lowest BCUT2D eigenvalue weighted by Crippen LogP contribution is -2.32. The molecule has 1 fully saturated rings. The van der Waals surface area contributed by atoms with E-state index in [1.165, 1.54) is 17.0 Å². The molecule has 1 amide bonds. The molecule has 1 N–H and O–H groups in total. The van der Waals surface area contributed by atoms with E-state index in [0.29, 0.717) is 65.8 Å². The zero-order valence-electron chi connectivity index (χ0n) is 20.1. The molecule has 7 nitrogen and oxygen atoms in total. The van der Waals surface area contributed by atoms with Gasteiger partial charge in [-0.1, -0.05) is 6.07 Å². The largest absolute Gasteiger partial charge is 0.490 e. The van der Waals surface area contributed by atoms with E-state index in [1.54, 1.807) is 30.3 Å². The van der Waals surface area contributed by atoms with Crippen LogP contribution >= 0.6 is 12.2 Å². The van der Waals surface area contributed by atoms with Crippen LogP contribution in [-0.4, -0.2) is 35.7 Å². The molecule has 188 valence electrons. The standard InChI is InChI=1S/C27H27FN2O5S/c1-3-32-24-12-5-18(15-25(24)33-4-2)13-14-30-26(31)23(29-27(30)36)16-21-10-11-22(35-21)17-34-20-8-6-19(28)7-9-20/h5-12,15-16H,3-4,13-14,17H2,1-2H3,(H,29,36)/b23-16+. The highest BCUT2D eigenvalue weighted by Gasteiger charge is 2.30. The van der Waals surface area contributed by atoms with E-state index in [0.717, 1.165) is 5.56 Å². The first-order valence-corrected chi connectivity index (χ1v) is 12.1. The van der Waals surface area contributed by atoms with Gasteiger partial charge in [-0.3, -0.25) is 9.69 Å². The van der Waals surface area contributed by atoms with E-state index in [2.05, 4.69) is 5.32 Å². The molecule has 2 aromatic carbocycles. The van der Waals surface area contributed by atoms with Crippen molar-refractivity contribution in [3.05, 3.63) is 83.2 Å². The smallest absolute Gasteiger partial charge is 0.276 e. The van der Waals surface area contributed by atoms with Crippen LogP contribution < -0.4 is 19.5 Å². The van der Waals surface area contributed by atoms with Gasteiger partial charge >= 0.3 is 0 Å². The van der Waals surface area contributed by atoms with Crippen LogP contribution in [0.5, 0.6) is 17.2 Å². The summed E-state index contributed by atoms with van der Waals surface area (Å²) >= 11 is 5.39. The summed E-state index contributed by atoms with van der Waals surface area (Å²) in [4.78, 5) is 14.5. The molecule has 1 saturated heterocycles. The lowest BCUT2D eigenvalue weighted by atomic mass is 10.1. The van der Waals surface area contributed by atoms with Crippen LogP contribution in [0.1, 0.15) is 30.9 Å². The van der Waals surface area contributed by atoms with E-state index < -0.39 is 0 Å². The Bertz CT molecular complexity index is 1260. The van der Waals surface area contributed by atoms with Gasteiger partial charge in [0.25, 0.3) is 5.91 Å². The predicted molar refractivity (Wildman–Crippen MR) is 137 cm³/mol. The normalized spacial score (nSPS) is 14.3. The average molecular weight is 511 g/mol. The van der Waals surface area contributed by atoms with E-state index in [4.69, 9.17) is 30.8 Å². The van der Waals surface area contributed by atoms with Gasteiger partial charge in [0.15, 0.2) is 16.6 Å². The highest BCUT2D eigenvalue weighted by molar-refractivity contribution is 7.80. The third-order valence-electron chi connectivity index (χ3n) is 5.36. The van der Waals surface area contributed by atoms with Crippen molar-refractivity contribution >= 4 is 29.3 Å². The second-order valence-corrected chi connectivity index (χ2v) is 8.28. The Kier molecular flexibility index (Phi) is 8.22. The summed E-state index contributed by atoms with van der Waals surface area (Å²) in [5, 5.41) is 3.31. The minimum absolute atomic E-state index is 0.173. The Morgan fingerprint density at radius 1 is 1.00 bits per heavy atom. The van der Waals surface area contributed by atoms with Crippen LogP contribution in [0.15, 0.2) is 64.7 Å². The van der Waals surface area contributed by atoms with Gasteiger partial charge in [0.2, 0.25) is 0 Å². The van der Waals surface area contributed by atoms with Crippen LogP contribution in [0.2, 0.25) is 0 Å². The van der Waals surface area contributed by atoms with E-state index in [9.17, 15) is 9.18 Å². The predicted octanol–water partition coefficient (Wildman–Crippen LogP) is 5.10. The van der Waals surface area contributed by atoms with Gasteiger partial charge in [-0.25, -0.2) is 4.39 Å². The number of rotatable bonds is 11. The van der Waals surface area contributed by atoms with Crippen LogP contribution in [-0.2, 0) is 17.8 Å². The molecular weight excluding hydrogens is 483 g/mol. The zero-order chi connectivity index (χ0) is 25.5. The third-order valence-corrected chi connectivity index (χ3v) is 5.68. The molecule has 0 radical (unpaired) electrons. The molecule has 0 atom stereocenters. The molecule has 0 bridgehead atoms. The summed E-state index contributed by atoms with van der Waals surface area (Å²) in [7, 11) is 0. The monoisotopic (exact) mass is 510 g/mol. The Morgan fingerprint density at radius 3 is 2.50 bits per heavy atom. The van der Waals surface area contributed by atoms with Crippen LogP contribution in [0.4, 0.5) is 4.39 Å². The number of carbonyl (C=O) groups is 1. The van der Waals surface area contributed by atoms with Crippen molar-refractivity contribution in [2.24, 2.45) is 0 Å². The van der Waals surface area contributed by atoms with Crippen LogP contribution in [0, 0.1) is 5.82 Å². The number of hydrogen-bond donors (Lipinski definition) is 1. The van der Waals surface area contributed by atoms with Gasteiger partial charge < -0.3 is 23.9 Å². The number of thiocarbonyl (C=S) groups is 1. The molecule has 0 saturated carbocycles. The lowest BCUT2D eigenvalue weighted by molar-refractivity contribution is -0.122. The third kappa shape index (κ3) is 6.23. The first-order valence-electron chi connectivity index (χ1n) is 11.7. The van der Waals surface area contributed by atoms with Gasteiger partial charge in [0.05, 0.1) is 13.2 Å². The number of amides is 1. The number of furan rings is 1. The second kappa shape index (κ2) is 11.7. The van der Waals surface area contributed by atoms with Crippen molar-refractivity contribution in [2.45, 2.75) is 26.9 Å². The van der Waals surface area contributed by atoms with Crippen molar-refractivity contribution in [3.63, 3.8) is 0 Å². The number of nitrogens with one attached hydrogen (secondary N) is 1. The summed E-state index contributed by atoms with van der Waals surface area (Å²) < 4.78 is 35.7. The quantitative estimate of drug-likeness (QED) is 0.284. The molecule has 1 aliphatic heterocycles. The van der Waals surface area contributed by atoms with E-state index >= 15 is 0 Å². The zero-order valence-corrected chi connectivity index (χ0v) is 20.9. The number of carbonyl (C=O) groups excluding carboxylic acids is 1. The van der Waals surface area contributed by atoms with Crippen molar-refractivity contribution in [2.75, 3.05) is 19.8 Å². The Labute approximate surface area is 214 Å². The van der Waals surface area contributed by atoms with Gasteiger partial charge in [-0.05, 0) is 86.6 Å². The van der Waals surface area contributed by atoms with E-state index in [-0.39, 0.29) is 18.3 Å².